The molecular weight excluding hydrogens is 258 g/mol. The molecule has 0 heterocycles. The van der Waals surface area contributed by atoms with Crippen LogP contribution in [0.15, 0.2) is 29.8 Å². The van der Waals surface area contributed by atoms with Crippen LogP contribution in [0.1, 0.15) is 35.7 Å². The van der Waals surface area contributed by atoms with Crippen LogP contribution in [0.5, 0.6) is 0 Å². The highest BCUT2D eigenvalue weighted by atomic mass is 16.4. The highest BCUT2D eigenvalue weighted by Crippen LogP contribution is 2.26. The molecule has 1 aliphatic rings. The van der Waals surface area contributed by atoms with Crippen molar-refractivity contribution in [2.24, 2.45) is 0 Å². The predicted octanol–water partition coefficient (Wildman–Crippen LogP) is 2.17. The van der Waals surface area contributed by atoms with Crippen molar-refractivity contribution in [2.45, 2.75) is 26.2 Å². The summed E-state index contributed by atoms with van der Waals surface area (Å²) in [7, 11) is 0. The Morgan fingerprint density at radius 1 is 1.30 bits per heavy atom. The second-order valence-electron chi connectivity index (χ2n) is 4.74. The van der Waals surface area contributed by atoms with Crippen LogP contribution in [0.2, 0.25) is 0 Å². The maximum absolute atomic E-state index is 12.3. The summed E-state index contributed by atoms with van der Waals surface area (Å²) in [4.78, 5) is 34.1. The predicted molar refractivity (Wildman–Crippen MR) is 73.7 cm³/mol. The lowest BCUT2D eigenvalue weighted by Crippen LogP contribution is -2.09. The SMILES string of the molecule is CC(=O)Nc1ccc2c(c1)CCC/C(=C\C(=O)O)C2=O. The van der Waals surface area contributed by atoms with Gasteiger partial charge in [0.15, 0.2) is 5.78 Å². The maximum atomic E-state index is 12.3. The number of allylic oxidation sites excluding steroid dienone is 1. The molecule has 0 atom stereocenters. The van der Waals surface area contributed by atoms with E-state index in [0.29, 0.717) is 36.1 Å². The summed E-state index contributed by atoms with van der Waals surface area (Å²) in [6, 6.07) is 5.07. The molecule has 0 aromatic heterocycles. The van der Waals surface area contributed by atoms with Crippen LogP contribution in [0.3, 0.4) is 0 Å². The Bertz CT molecular complexity index is 616. The van der Waals surface area contributed by atoms with Gasteiger partial charge in [0.05, 0.1) is 0 Å². The molecule has 0 unspecified atom stereocenters. The van der Waals surface area contributed by atoms with Gasteiger partial charge in [0, 0.05) is 29.8 Å². The molecule has 0 saturated heterocycles. The summed E-state index contributed by atoms with van der Waals surface area (Å²) in [5.74, 6) is -1.52. The molecule has 5 nitrogen and oxygen atoms in total. The van der Waals surface area contributed by atoms with Gasteiger partial charge in [-0.3, -0.25) is 9.59 Å². The summed E-state index contributed by atoms with van der Waals surface area (Å²) >= 11 is 0. The number of aliphatic carboxylic acids is 1. The monoisotopic (exact) mass is 273 g/mol. The lowest BCUT2D eigenvalue weighted by atomic mass is 9.99. The van der Waals surface area contributed by atoms with E-state index >= 15 is 0 Å². The smallest absolute Gasteiger partial charge is 0.328 e. The number of carboxylic acids is 1. The van der Waals surface area contributed by atoms with Crippen LogP contribution in [-0.2, 0) is 16.0 Å². The third kappa shape index (κ3) is 3.12. The fourth-order valence-corrected chi connectivity index (χ4v) is 2.35. The van der Waals surface area contributed by atoms with Crippen molar-refractivity contribution in [3.05, 3.63) is 41.0 Å². The zero-order valence-electron chi connectivity index (χ0n) is 11.1. The van der Waals surface area contributed by atoms with Gasteiger partial charge < -0.3 is 10.4 Å². The Balaban J connectivity index is 2.38. The van der Waals surface area contributed by atoms with E-state index in [1.165, 1.54) is 6.92 Å². The number of carbonyl (C=O) groups is 3. The van der Waals surface area contributed by atoms with Crippen LogP contribution in [-0.4, -0.2) is 22.8 Å². The average Bonchev–Trinajstić information content (AvgIpc) is 2.49. The first-order valence-corrected chi connectivity index (χ1v) is 6.36. The number of anilines is 1. The summed E-state index contributed by atoms with van der Waals surface area (Å²) in [6.07, 6.45) is 2.83. The van der Waals surface area contributed by atoms with E-state index in [-0.39, 0.29) is 11.7 Å². The number of fused-ring (bicyclic) bond motifs is 1. The second kappa shape index (κ2) is 5.69. The molecule has 104 valence electrons. The van der Waals surface area contributed by atoms with E-state index in [1.807, 2.05) is 0 Å². The third-order valence-electron chi connectivity index (χ3n) is 3.15. The number of aryl methyl sites for hydroxylation is 1. The Morgan fingerprint density at radius 3 is 2.70 bits per heavy atom. The first kappa shape index (κ1) is 14.0. The van der Waals surface area contributed by atoms with Crippen molar-refractivity contribution in [1.82, 2.24) is 0 Å². The quantitative estimate of drug-likeness (QED) is 0.639. The van der Waals surface area contributed by atoms with Crippen LogP contribution in [0.25, 0.3) is 0 Å². The molecule has 0 saturated carbocycles. The van der Waals surface area contributed by atoms with Crippen LogP contribution < -0.4 is 5.32 Å². The highest BCUT2D eigenvalue weighted by molar-refractivity contribution is 6.12. The first-order valence-electron chi connectivity index (χ1n) is 6.36. The average molecular weight is 273 g/mol. The third-order valence-corrected chi connectivity index (χ3v) is 3.15. The number of amides is 1. The van der Waals surface area contributed by atoms with Gasteiger partial charge in [-0.1, -0.05) is 0 Å². The van der Waals surface area contributed by atoms with Gasteiger partial charge >= 0.3 is 5.97 Å². The Hall–Kier alpha value is -2.43. The molecule has 0 aliphatic heterocycles. The van der Waals surface area contributed by atoms with Crippen LogP contribution in [0.4, 0.5) is 5.69 Å². The topological polar surface area (TPSA) is 83.5 Å². The minimum atomic E-state index is -1.10. The molecule has 2 N–H and O–H groups in total. The van der Waals surface area contributed by atoms with Crippen molar-refractivity contribution in [1.29, 1.82) is 0 Å². The maximum Gasteiger partial charge on any atom is 0.328 e. The van der Waals surface area contributed by atoms with E-state index in [0.717, 1.165) is 11.6 Å². The summed E-state index contributed by atoms with van der Waals surface area (Å²) in [5, 5.41) is 11.5. The molecule has 1 aromatic rings. The number of carbonyl (C=O) groups excluding carboxylic acids is 2. The number of nitrogens with one attached hydrogen (secondary N) is 1. The largest absolute Gasteiger partial charge is 0.478 e. The van der Waals surface area contributed by atoms with Crippen LogP contribution >= 0.6 is 0 Å². The summed E-state index contributed by atoms with van der Waals surface area (Å²) < 4.78 is 0. The van der Waals surface area contributed by atoms with Crippen molar-refractivity contribution < 1.29 is 19.5 Å². The number of hydrogen-bond donors (Lipinski definition) is 2. The molecule has 1 amide bonds. The van der Waals surface area contributed by atoms with Gasteiger partial charge in [0.1, 0.15) is 0 Å². The zero-order valence-corrected chi connectivity index (χ0v) is 11.1. The Labute approximate surface area is 116 Å². The van der Waals surface area contributed by atoms with Crippen molar-refractivity contribution in [3.63, 3.8) is 0 Å². The van der Waals surface area contributed by atoms with Gasteiger partial charge in [0.2, 0.25) is 5.91 Å². The van der Waals surface area contributed by atoms with Gasteiger partial charge in [-0.2, -0.15) is 0 Å². The lowest BCUT2D eigenvalue weighted by Gasteiger charge is -2.08. The minimum Gasteiger partial charge on any atom is -0.478 e. The Kier molecular flexibility index (Phi) is 3.98. The van der Waals surface area contributed by atoms with E-state index in [2.05, 4.69) is 5.32 Å². The van der Waals surface area contributed by atoms with Gasteiger partial charge in [-0.25, -0.2) is 4.79 Å². The second-order valence-corrected chi connectivity index (χ2v) is 4.74. The first-order chi connectivity index (χ1) is 9.47. The van der Waals surface area contributed by atoms with Crippen molar-refractivity contribution in [3.8, 4) is 0 Å². The molecule has 0 radical (unpaired) electrons. The van der Waals surface area contributed by atoms with Crippen LogP contribution in [0, 0.1) is 0 Å². The normalized spacial score (nSPS) is 16.4. The molecule has 0 spiro atoms. The minimum absolute atomic E-state index is 0.170. The van der Waals surface area contributed by atoms with E-state index < -0.39 is 5.97 Å². The fraction of sp³-hybridized carbons (Fsp3) is 0.267. The number of hydrogen-bond acceptors (Lipinski definition) is 3. The van der Waals surface area contributed by atoms with Gasteiger partial charge in [-0.05, 0) is 43.0 Å². The molecular formula is C15H15NO4. The molecule has 20 heavy (non-hydrogen) atoms. The highest BCUT2D eigenvalue weighted by Gasteiger charge is 2.21. The molecule has 2 rings (SSSR count). The van der Waals surface area contributed by atoms with E-state index in [1.54, 1.807) is 18.2 Å². The molecule has 1 aromatic carbocycles. The summed E-state index contributed by atoms with van der Waals surface area (Å²) in [6.45, 7) is 1.42. The zero-order chi connectivity index (χ0) is 14.7. The number of benzene rings is 1. The molecule has 5 heteroatoms. The molecule has 0 fully saturated rings. The standard InChI is InChI=1S/C15H15NO4/c1-9(17)16-12-5-6-13-10(7-12)3-2-4-11(15(13)20)8-14(18)19/h5-8H,2-4H2,1H3,(H,16,17)(H,18,19)/b11-8+. The van der Waals surface area contributed by atoms with E-state index in [9.17, 15) is 14.4 Å². The molecule has 0 bridgehead atoms. The lowest BCUT2D eigenvalue weighted by molar-refractivity contribution is -0.131. The Morgan fingerprint density at radius 2 is 2.05 bits per heavy atom. The molecule has 1 aliphatic carbocycles. The van der Waals surface area contributed by atoms with Gasteiger partial charge in [0.25, 0.3) is 0 Å². The van der Waals surface area contributed by atoms with E-state index in [4.69, 9.17) is 5.11 Å². The summed E-state index contributed by atoms with van der Waals surface area (Å²) in [5.41, 5.74) is 2.33. The number of ketones is 1. The van der Waals surface area contributed by atoms with Gasteiger partial charge in [-0.15, -0.1) is 0 Å². The fourth-order valence-electron chi connectivity index (χ4n) is 2.35. The number of carboxylic acid groups (broad SMARTS) is 1. The van der Waals surface area contributed by atoms with Crippen molar-refractivity contribution in [2.75, 3.05) is 5.32 Å². The van der Waals surface area contributed by atoms with Crippen molar-refractivity contribution >= 4 is 23.3 Å². The number of rotatable bonds is 2. The number of Topliss-reactive ketones (excluding diaryl/α,β-unsaturated/α-hetero) is 1.